The zero-order valence-electron chi connectivity index (χ0n) is 12.1. The molecule has 0 heterocycles. The zero-order chi connectivity index (χ0) is 13.8. The summed E-state index contributed by atoms with van der Waals surface area (Å²) in [7, 11) is 0. The summed E-state index contributed by atoms with van der Waals surface area (Å²) in [6, 6.07) is 18.6. The van der Waals surface area contributed by atoms with Crippen molar-refractivity contribution in [3.8, 4) is 11.5 Å². The van der Waals surface area contributed by atoms with Gasteiger partial charge >= 0.3 is 0 Å². The second kappa shape index (κ2) is 6.13. The van der Waals surface area contributed by atoms with Crippen molar-refractivity contribution in [2.45, 2.75) is 38.5 Å². The summed E-state index contributed by atoms with van der Waals surface area (Å²) in [6.07, 6.45) is 5.40. The molecule has 1 aliphatic carbocycles. The van der Waals surface area contributed by atoms with Crippen molar-refractivity contribution in [1.29, 1.82) is 0 Å². The largest absolute Gasteiger partial charge is 0.457 e. The van der Waals surface area contributed by atoms with Gasteiger partial charge in [0.1, 0.15) is 11.5 Å². The first-order chi connectivity index (χ1) is 9.81. The van der Waals surface area contributed by atoms with E-state index in [2.05, 4.69) is 31.2 Å². The molecule has 0 N–H and O–H groups in total. The van der Waals surface area contributed by atoms with Gasteiger partial charge in [-0.3, -0.25) is 0 Å². The number of hydrogen-bond acceptors (Lipinski definition) is 1. The van der Waals surface area contributed by atoms with Crippen LogP contribution in [0.15, 0.2) is 54.6 Å². The molecule has 1 nitrogen and oxygen atoms in total. The van der Waals surface area contributed by atoms with Crippen molar-refractivity contribution in [2.75, 3.05) is 0 Å². The van der Waals surface area contributed by atoms with Crippen LogP contribution in [0.3, 0.4) is 0 Å². The summed E-state index contributed by atoms with van der Waals surface area (Å²) in [5.74, 6) is 3.47. The van der Waals surface area contributed by atoms with E-state index in [4.69, 9.17) is 4.74 Å². The van der Waals surface area contributed by atoms with E-state index in [0.717, 1.165) is 23.3 Å². The maximum Gasteiger partial charge on any atom is 0.127 e. The number of para-hydroxylation sites is 1. The molecule has 1 aliphatic rings. The van der Waals surface area contributed by atoms with E-state index in [1.54, 1.807) is 0 Å². The van der Waals surface area contributed by atoms with Crippen molar-refractivity contribution in [2.24, 2.45) is 5.92 Å². The summed E-state index contributed by atoms with van der Waals surface area (Å²) in [5, 5.41) is 0. The van der Waals surface area contributed by atoms with Crippen molar-refractivity contribution in [1.82, 2.24) is 0 Å². The lowest BCUT2D eigenvalue weighted by atomic mass is 9.79. The third-order valence-electron chi connectivity index (χ3n) is 4.35. The molecule has 20 heavy (non-hydrogen) atoms. The maximum atomic E-state index is 5.84. The molecular formula is C19H22O. The van der Waals surface area contributed by atoms with Gasteiger partial charge in [-0.2, -0.15) is 0 Å². The minimum absolute atomic E-state index is 0.747. The highest BCUT2D eigenvalue weighted by Gasteiger charge is 2.19. The number of benzene rings is 2. The molecule has 0 unspecified atom stereocenters. The van der Waals surface area contributed by atoms with Crippen LogP contribution < -0.4 is 4.74 Å². The Hall–Kier alpha value is -1.76. The third-order valence-corrected chi connectivity index (χ3v) is 4.35. The predicted octanol–water partition coefficient (Wildman–Crippen LogP) is 5.77. The fourth-order valence-corrected chi connectivity index (χ4v) is 3.03. The van der Waals surface area contributed by atoms with Crippen LogP contribution in [0.1, 0.15) is 44.1 Å². The van der Waals surface area contributed by atoms with Crippen LogP contribution in [0.25, 0.3) is 0 Å². The minimum atomic E-state index is 0.747. The smallest absolute Gasteiger partial charge is 0.127 e. The van der Waals surface area contributed by atoms with E-state index in [1.807, 2.05) is 30.3 Å². The Labute approximate surface area is 121 Å². The fourth-order valence-electron chi connectivity index (χ4n) is 3.03. The molecule has 0 saturated heterocycles. The summed E-state index contributed by atoms with van der Waals surface area (Å²) < 4.78 is 5.84. The van der Waals surface area contributed by atoms with Gasteiger partial charge in [0.05, 0.1) is 0 Å². The highest BCUT2D eigenvalue weighted by Crippen LogP contribution is 2.36. The Morgan fingerprint density at radius 2 is 1.35 bits per heavy atom. The average Bonchev–Trinajstić information content (AvgIpc) is 2.50. The second-order valence-corrected chi connectivity index (χ2v) is 5.94. The minimum Gasteiger partial charge on any atom is -0.457 e. The van der Waals surface area contributed by atoms with Crippen LogP contribution in [0.4, 0.5) is 0 Å². The van der Waals surface area contributed by atoms with Crippen LogP contribution in [0.2, 0.25) is 0 Å². The maximum absolute atomic E-state index is 5.84. The van der Waals surface area contributed by atoms with Gasteiger partial charge in [0.2, 0.25) is 0 Å². The summed E-state index contributed by atoms with van der Waals surface area (Å²) in [5.41, 5.74) is 1.47. The lowest BCUT2D eigenvalue weighted by Crippen LogP contribution is -2.10. The Bertz CT molecular complexity index is 521. The summed E-state index contributed by atoms with van der Waals surface area (Å²) >= 11 is 0. The van der Waals surface area contributed by atoms with Crippen LogP contribution in [-0.2, 0) is 0 Å². The molecule has 2 aromatic rings. The molecule has 0 aromatic heterocycles. The molecule has 104 valence electrons. The van der Waals surface area contributed by atoms with Crippen LogP contribution in [0.5, 0.6) is 11.5 Å². The Morgan fingerprint density at radius 3 is 2.00 bits per heavy atom. The second-order valence-electron chi connectivity index (χ2n) is 5.94. The van der Waals surface area contributed by atoms with Crippen LogP contribution in [-0.4, -0.2) is 0 Å². The number of hydrogen-bond donors (Lipinski definition) is 0. The molecule has 1 heteroatoms. The molecule has 0 amide bonds. The van der Waals surface area contributed by atoms with Crippen LogP contribution >= 0.6 is 0 Å². The van der Waals surface area contributed by atoms with Gasteiger partial charge in [-0.25, -0.2) is 0 Å². The van der Waals surface area contributed by atoms with E-state index in [-0.39, 0.29) is 0 Å². The van der Waals surface area contributed by atoms with E-state index < -0.39 is 0 Å². The first-order valence-corrected chi connectivity index (χ1v) is 7.64. The topological polar surface area (TPSA) is 9.23 Å². The summed E-state index contributed by atoms with van der Waals surface area (Å²) in [6.45, 7) is 2.37. The lowest BCUT2D eigenvalue weighted by molar-refractivity contribution is 0.348. The van der Waals surface area contributed by atoms with Gasteiger partial charge in [-0.15, -0.1) is 0 Å². The molecule has 1 fully saturated rings. The molecule has 0 spiro atoms. The standard InChI is InChI=1S/C19H22O/c1-15-7-9-16(10-8-15)17-11-13-19(14-12-17)20-18-5-3-2-4-6-18/h2-6,11-16H,7-10H2,1H3. The van der Waals surface area contributed by atoms with E-state index in [1.165, 1.54) is 31.2 Å². The number of rotatable bonds is 3. The quantitative estimate of drug-likeness (QED) is 0.685. The summed E-state index contributed by atoms with van der Waals surface area (Å²) in [4.78, 5) is 0. The first kappa shape index (κ1) is 13.2. The van der Waals surface area contributed by atoms with Gasteiger partial charge < -0.3 is 4.74 Å². The molecule has 0 radical (unpaired) electrons. The highest BCUT2D eigenvalue weighted by atomic mass is 16.5. The SMILES string of the molecule is CC1CCC(c2ccc(Oc3ccccc3)cc2)CC1. The normalized spacial score (nSPS) is 22.4. The fraction of sp³-hybridized carbons (Fsp3) is 0.368. The van der Waals surface area contributed by atoms with Gasteiger partial charge in [0, 0.05) is 0 Å². The van der Waals surface area contributed by atoms with Crippen molar-refractivity contribution in [3.05, 3.63) is 60.2 Å². The lowest BCUT2D eigenvalue weighted by Gasteiger charge is -2.26. The first-order valence-electron chi connectivity index (χ1n) is 7.64. The Balaban J connectivity index is 1.65. The zero-order valence-corrected chi connectivity index (χ0v) is 12.1. The predicted molar refractivity (Wildman–Crippen MR) is 83.3 cm³/mol. The Kier molecular flexibility index (Phi) is 4.05. The average molecular weight is 266 g/mol. The molecule has 1 saturated carbocycles. The molecule has 0 aliphatic heterocycles. The van der Waals surface area contributed by atoms with Crippen molar-refractivity contribution in [3.63, 3.8) is 0 Å². The third kappa shape index (κ3) is 3.22. The molecule has 0 bridgehead atoms. The molecule has 0 atom stereocenters. The monoisotopic (exact) mass is 266 g/mol. The molecular weight excluding hydrogens is 244 g/mol. The van der Waals surface area contributed by atoms with Gasteiger partial charge in [0.25, 0.3) is 0 Å². The molecule has 2 aromatic carbocycles. The van der Waals surface area contributed by atoms with Crippen LogP contribution in [0, 0.1) is 5.92 Å². The molecule has 3 rings (SSSR count). The van der Waals surface area contributed by atoms with Crippen molar-refractivity contribution >= 4 is 0 Å². The highest BCUT2D eigenvalue weighted by molar-refractivity contribution is 5.34. The van der Waals surface area contributed by atoms with E-state index in [0.29, 0.717) is 0 Å². The number of ether oxygens (including phenoxy) is 1. The van der Waals surface area contributed by atoms with E-state index in [9.17, 15) is 0 Å². The van der Waals surface area contributed by atoms with E-state index >= 15 is 0 Å². The van der Waals surface area contributed by atoms with Crippen molar-refractivity contribution < 1.29 is 4.74 Å². The van der Waals surface area contributed by atoms with Gasteiger partial charge in [0.15, 0.2) is 0 Å². The van der Waals surface area contributed by atoms with Gasteiger partial charge in [-0.05, 0) is 54.5 Å². The van der Waals surface area contributed by atoms with Gasteiger partial charge in [-0.1, -0.05) is 50.1 Å². The Morgan fingerprint density at radius 1 is 0.750 bits per heavy atom.